The zero-order valence-corrected chi connectivity index (χ0v) is 8.91. The Labute approximate surface area is 93.4 Å². The van der Waals surface area contributed by atoms with E-state index in [4.69, 9.17) is 4.28 Å². The summed E-state index contributed by atoms with van der Waals surface area (Å²) in [6.07, 6.45) is 0. The van der Waals surface area contributed by atoms with Gasteiger partial charge in [-0.2, -0.15) is 4.28 Å². The third-order valence-electron chi connectivity index (χ3n) is 1.81. The van der Waals surface area contributed by atoms with E-state index in [1.165, 1.54) is 12.0 Å². The van der Waals surface area contributed by atoms with Gasteiger partial charge in [0.25, 0.3) is 0 Å². The summed E-state index contributed by atoms with van der Waals surface area (Å²) in [4.78, 5) is 1.07. The third kappa shape index (κ3) is 3.31. The summed E-state index contributed by atoms with van der Waals surface area (Å²) < 4.78 is 5.27. The molecule has 0 atom stereocenters. The molecule has 0 saturated heterocycles. The molecule has 0 aliphatic heterocycles. The highest BCUT2D eigenvalue weighted by molar-refractivity contribution is 7.94. The summed E-state index contributed by atoms with van der Waals surface area (Å²) in [6.45, 7) is 0. The van der Waals surface area contributed by atoms with Crippen LogP contribution < -0.4 is 5.48 Å². The fourth-order valence-electron chi connectivity index (χ4n) is 1.10. The number of rotatable bonds is 4. The monoisotopic (exact) mass is 217 g/mol. The molecule has 0 spiro atoms. The van der Waals surface area contributed by atoms with Crippen molar-refractivity contribution in [1.82, 2.24) is 0 Å². The molecule has 2 aromatic rings. The van der Waals surface area contributed by atoms with E-state index in [2.05, 4.69) is 5.48 Å². The lowest BCUT2D eigenvalue weighted by Crippen LogP contribution is -1.92. The molecular formula is C12H11NOS. The molecule has 0 unspecified atom stereocenters. The average Bonchev–Trinajstić information content (AvgIpc) is 2.32. The normalized spacial score (nSPS) is 9.87. The van der Waals surface area contributed by atoms with Crippen LogP contribution in [0.1, 0.15) is 0 Å². The maximum absolute atomic E-state index is 5.27. The Morgan fingerprint density at radius 2 is 1.40 bits per heavy atom. The molecule has 76 valence electrons. The van der Waals surface area contributed by atoms with Gasteiger partial charge in [-0.15, -0.1) is 0 Å². The van der Waals surface area contributed by atoms with Crippen molar-refractivity contribution in [3.63, 3.8) is 0 Å². The first-order valence-corrected chi connectivity index (χ1v) is 5.39. The van der Waals surface area contributed by atoms with Gasteiger partial charge in [0.05, 0.1) is 17.7 Å². The van der Waals surface area contributed by atoms with Gasteiger partial charge in [-0.05, 0) is 24.3 Å². The number of anilines is 1. The van der Waals surface area contributed by atoms with Crippen LogP contribution in [0.3, 0.4) is 0 Å². The van der Waals surface area contributed by atoms with Gasteiger partial charge in [0, 0.05) is 4.90 Å². The van der Waals surface area contributed by atoms with Crippen LogP contribution in [-0.2, 0) is 4.28 Å². The summed E-state index contributed by atoms with van der Waals surface area (Å²) in [5, 5.41) is 0. The lowest BCUT2D eigenvalue weighted by Gasteiger charge is -2.04. The minimum atomic E-state index is 0.945. The Balaban J connectivity index is 1.81. The first kappa shape index (κ1) is 10.1. The zero-order chi connectivity index (χ0) is 10.3. The lowest BCUT2D eigenvalue weighted by atomic mass is 10.3. The highest BCUT2D eigenvalue weighted by atomic mass is 32.2. The molecule has 1 N–H and O–H groups in total. The molecule has 2 rings (SSSR count). The molecule has 2 aromatic carbocycles. The molecule has 0 bridgehead atoms. The maximum atomic E-state index is 5.27. The van der Waals surface area contributed by atoms with Gasteiger partial charge in [0.15, 0.2) is 0 Å². The van der Waals surface area contributed by atoms with Crippen LogP contribution in [0, 0.1) is 0 Å². The highest BCUT2D eigenvalue weighted by Crippen LogP contribution is 2.18. The first-order valence-electron chi connectivity index (χ1n) is 4.65. The minimum Gasteiger partial charge on any atom is -0.254 e. The summed E-state index contributed by atoms with van der Waals surface area (Å²) in [5.41, 5.74) is 3.80. The van der Waals surface area contributed by atoms with Crippen molar-refractivity contribution in [1.29, 1.82) is 0 Å². The Morgan fingerprint density at radius 1 is 0.800 bits per heavy atom. The van der Waals surface area contributed by atoms with Crippen LogP contribution in [0.2, 0.25) is 0 Å². The standard InChI is InChI=1S/C12H11NOS/c1-3-7-11(8-4-1)13-14-15-12-9-5-2-6-10-12/h1-10,13H. The van der Waals surface area contributed by atoms with Gasteiger partial charge in [-0.1, -0.05) is 36.4 Å². The molecule has 0 aliphatic rings. The average molecular weight is 217 g/mol. The van der Waals surface area contributed by atoms with Gasteiger partial charge < -0.3 is 0 Å². The third-order valence-corrected chi connectivity index (χ3v) is 2.45. The molecule has 0 aliphatic carbocycles. The van der Waals surface area contributed by atoms with E-state index in [1.54, 1.807) is 0 Å². The maximum Gasteiger partial charge on any atom is 0.0616 e. The molecule has 15 heavy (non-hydrogen) atoms. The second kappa shape index (κ2) is 5.44. The van der Waals surface area contributed by atoms with Gasteiger partial charge in [0.1, 0.15) is 0 Å². The van der Waals surface area contributed by atoms with E-state index in [9.17, 15) is 0 Å². The summed E-state index contributed by atoms with van der Waals surface area (Å²) >= 11 is 1.30. The van der Waals surface area contributed by atoms with Gasteiger partial charge in [-0.3, -0.25) is 5.48 Å². The van der Waals surface area contributed by atoms with Crippen LogP contribution in [0.15, 0.2) is 65.6 Å². The summed E-state index contributed by atoms with van der Waals surface area (Å²) in [6, 6.07) is 19.7. The molecule has 0 aromatic heterocycles. The fourth-order valence-corrected chi connectivity index (χ4v) is 1.60. The number of hydrogen-bond acceptors (Lipinski definition) is 3. The number of nitrogens with one attached hydrogen (secondary N) is 1. The van der Waals surface area contributed by atoms with E-state index in [-0.39, 0.29) is 0 Å². The van der Waals surface area contributed by atoms with Crippen molar-refractivity contribution in [2.24, 2.45) is 0 Å². The molecule has 0 heterocycles. The van der Waals surface area contributed by atoms with E-state index in [0.29, 0.717) is 0 Å². The topological polar surface area (TPSA) is 21.3 Å². The van der Waals surface area contributed by atoms with E-state index >= 15 is 0 Å². The Bertz CT molecular complexity index is 351. The quantitative estimate of drug-likeness (QED) is 0.622. The van der Waals surface area contributed by atoms with Gasteiger partial charge >= 0.3 is 0 Å². The minimum absolute atomic E-state index is 0.945. The Kier molecular flexibility index (Phi) is 3.65. The largest absolute Gasteiger partial charge is 0.254 e. The number of para-hydroxylation sites is 1. The smallest absolute Gasteiger partial charge is 0.0616 e. The van der Waals surface area contributed by atoms with Crippen LogP contribution >= 0.6 is 12.0 Å². The van der Waals surface area contributed by atoms with Crippen LogP contribution in [-0.4, -0.2) is 0 Å². The molecule has 0 fully saturated rings. The number of benzene rings is 2. The Hall–Kier alpha value is -1.45. The number of hydrogen-bond donors (Lipinski definition) is 1. The predicted octanol–water partition coefficient (Wildman–Crippen LogP) is 3.74. The molecule has 0 saturated carbocycles. The molecule has 0 radical (unpaired) electrons. The Morgan fingerprint density at radius 3 is 2.07 bits per heavy atom. The second-order valence-corrected chi connectivity index (χ2v) is 3.75. The van der Waals surface area contributed by atoms with Crippen molar-refractivity contribution in [2.45, 2.75) is 4.90 Å². The SMILES string of the molecule is c1ccc(NOSc2ccccc2)cc1. The van der Waals surface area contributed by atoms with Crippen molar-refractivity contribution in [3.8, 4) is 0 Å². The molecule has 3 heteroatoms. The second-order valence-electron chi connectivity index (χ2n) is 2.95. The fraction of sp³-hybridized carbons (Fsp3) is 0. The van der Waals surface area contributed by atoms with Crippen LogP contribution in [0.5, 0.6) is 0 Å². The van der Waals surface area contributed by atoms with Crippen LogP contribution in [0.25, 0.3) is 0 Å². The lowest BCUT2D eigenvalue weighted by molar-refractivity contribution is 0.477. The van der Waals surface area contributed by atoms with Crippen LogP contribution in [0.4, 0.5) is 5.69 Å². The van der Waals surface area contributed by atoms with Gasteiger partial charge in [-0.25, -0.2) is 0 Å². The molecule has 2 nitrogen and oxygen atoms in total. The van der Waals surface area contributed by atoms with E-state index in [1.807, 2.05) is 60.7 Å². The molecule has 0 amide bonds. The van der Waals surface area contributed by atoms with Crippen molar-refractivity contribution in [2.75, 3.05) is 5.48 Å². The van der Waals surface area contributed by atoms with Crippen molar-refractivity contribution >= 4 is 17.7 Å². The van der Waals surface area contributed by atoms with E-state index in [0.717, 1.165) is 10.6 Å². The predicted molar refractivity (Wildman–Crippen MR) is 63.4 cm³/mol. The van der Waals surface area contributed by atoms with Crippen molar-refractivity contribution in [3.05, 3.63) is 60.7 Å². The summed E-state index contributed by atoms with van der Waals surface area (Å²) in [5.74, 6) is 0. The highest BCUT2D eigenvalue weighted by Gasteiger charge is 1.93. The summed E-state index contributed by atoms with van der Waals surface area (Å²) in [7, 11) is 0. The first-order chi connectivity index (χ1) is 7.45. The van der Waals surface area contributed by atoms with E-state index < -0.39 is 0 Å². The zero-order valence-electron chi connectivity index (χ0n) is 8.09. The molecular weight excluding hydrogens is 206 g/mol. The van der Waals surface area contributed by atoms with Crippen molar-refractivity contribution < 1.29 is 4.28 Å². The van der Waals surface area contributed by atoms with Gasteiger partial charge in [0.2, 0.25) is 0 Å².